The largest absolute Gasteiger partial charge is 0.492 e. The first kappa shape index (κ1) is 16.8. The third-order valence-corrected chi connectivity index (χ3v) is 4.22. The van der Waals surface area contributed by atoms with Gasteiger partial charge in [-0.3, -0.25) is 4.79 Å². The van der Waals surface area contributed by atoms with Crippen LogP contribution in [0.25, 0.3) is 0 Å². The summed E-state index contributed by atoms with van der Waals surface area (Å²) in [5, 5.41) is 0. The lowest BCUT2D eigenvalue weighted by Crippen LogP contribution is -2.33. The van der Waals surface area contributed by atoms with E-state index >= 15 is 0 Å². The fourth-order valence-electron chi connectivity index (χ4n) is 2.74. The van der Waals surface area contributed by atoms with Gasteiger partial charge in [-0.25, -0.2) is 0 Å². The van der Waals surface area contributed by atoms with Crippen molar-refractivity contribution >= 4 is 5.91 Å². The van der Waals surface area contributed by atoms with Crippen LogP contribution in [0.3, 0.4) is 0 Å². The van der Waals surface area contributed by atoms with E-state index in [0.717, 1.165) is 38.3 Å². The van der Waals surface area contributed by atoms with Gasteiger partial charge in [-0.2, -0.15) is 0 Å². The average Bonchev–Trinajstić information content (AvgIpc) is 2.91. The van der Waals surface area contributed by atoms with E-state index in [2.05, 4.69) is 24.8 Å². The van der Waals surface area contributed by atoms with E-state index in [-0.39, 0.29) is 5.91 Å². The fourth-order valence-corrected chi connectivity index (χ4v) is 2.74. The summed E-state index contributed by atoms with van der Waals surface area (Å²) in [6.45, 7) is 8.40. The maximum Gasteiger partial charge on any atom is 0.223 e. The van der Waals surface area contributed by atoms with Crippen LogP contribution in [0.2, 0.25) is 0 Å². The van der Waals surface area contributed by atoms with Crippen LogP contribution in [0.5, 0.6) is 5.75 Å². The van der Waals surface area contributed by atoms with Gasteiger partial charge in [-0.15, -0.1) is 0 Å². The van der Waals surface area contributed by atoms with E-state index in [9.17, 15) is 4.79 Å². The van der Waals surface area contributed by atoms with Crippen molar-refractivity contribution in [3.8, 4) is 5.75 Å². The molecule has 0 aromatic heterocycles. The molecule has 0 aliphatic carbocycles. The van der Waals surface area contributed by atoms with Crippen molar-refractivity contribution < 1.29 is 9.53 Å². The summed E-state index contributed by atoms with van der Waals surface area (Å²) < 4.78 is 5.74. The van der Waals surface area contributed by atoms with Crippen LogP contribution in [0, 0.1) is 12.8 Å². The molecule has 1 heterocycles. The lowest BCUT2D eigenvalue weighted by Gasteiger charge is -2.20. The first-order valence-electron chi connectivity index (χ1n) is 8.20. The maximum absolute atomic E-state index is 12.1. The smallest absolute Gasteiger partial charge is 0.223 e. The molecule has 122 valence electrons. The van der Waals surface area contributed by atoms with Crippen molar-refractivity contribution in [2.45, 2.75) is 26.7 Å². The number of likely N-dealkylation sites (tertiary alicyclic amines) is 1. The molecule has 1 saturated heterocycles. The highest BCUT2D eigenvalue weighted by Crippen LogP contribution is 2.16. The Hall–Kier alpha value is -1.55. The quantitative estimate of drug-likeness (QED) is 0.776. The average molecular weight is 304 g/mol. The van der Waals surface area contributed by atoms with Crippen LogP contribution in [-0.4, -0.2) is 55.5 Å². The molecule has 1 aliphatic rings. The Morgan fingerprint density at radius 3 is 2.91 bits per heavy atom. The molecular formula is C18H28N2O2. The number of ether oxygens (including phenoxy) is 1. The van der Waals surface area contributed by atoms with Gasteiger partial charge in [0.15, 0.2) is 0 Å². The third-order valence-electron chi connectivity index (χ3n) is 4.22. The molecule has 2 rings (SSSR count). The lowest BCUT2D eigenvalue weighted by molar-refractivity contribution is -0.130. The fraction of sp³-hybridized carbons (Fsp3) is 0.611. The zero-order valence-corrected chi connectivity index (χ0v) is 14.0. The first-order valence-corrected chi connectivity index (χ1v) is 8.20. The predicted octanol–water partition coefficient (Wildman–Crippen LogP) is 2.56. The highest BCUT2D eigenvalue weighted by molar-refractivity contribution is 5.76. The Balaban J connectivity index is 1.61. The van der Waals surface area contributed by atoms with Crippen molar-refractivity contribution in [3.05, 3.63) is 29.8 Å². The van der Waals surface area contributed by atoms with Gasteiger partial charge < -0.3 is 14.5 Å². The van der Waals surface area contributed by atoms with E-state index in [1.54, 1.807) is 0 Å². The van der Waals surface area contributed by atoms with Crippen LogP contribution >= 0.6 is 0 Å². The minimum absolute atomic E-state index is 0.288. The van der Waals surface area contributed by atoms with Crippen molar-refractivity contribution in [1.29, 1.82) is 0 Å². The third kappa shape index (κ3) is 5.34. The normalized spacial score (nSPS) is 18.0. The van der Waals surface area contributed by atoms with Gasteiger partial charge in [0.1, 0.15) is 12.4 Å². The molecule has 4 nitrogen and oxygen atoms in total. The molecule has 1 fully saturated rings. The van der Waals surface area contributed by atoms with Crippen molar-refractivity contribution in [1.82, 2.24) is 9.80 Å². The number of benzene rings is 1. The standard InChI is InChI=1S/C18H28N2O2/c1-15-5-4-6-17(13-15)22-12-11-19(3)9-8-18(21)20-10-7-16(2)14-20/h4-6,13,16H,7-12,14H2,1-3H3/t16-/m1/s1. The summed E-state index contributed by atoms with van der Waals surface area (Å²) in [4.78, 5) is 16.3. The Morgan fingerprint density at radius 2 is 2.23 bits per heavy atom. The molecule has 0 spiro atoms. The van der Waals surface area contributed by atoms with Crippen LogP contribution in [-0.2, 0) is 4.79 Å². The Bertz CT molecular complexity index is 490. The number of carbonyl (C=O) groups excluding carboxylic acids is 1. The molecule has 0 unspecified atom stereocenters. The predicted molar refractivity (Wildman–Crippen MR) is 89.1 cm³/mol. The number of rotatable bonds is 7. The zero-order valence-electron chi connectivity index (χ0n) is 14.0. The number of hydrogen-bond acceptors (Lipinski definition) is 3. The topological polar surface area (TPSA) is 32.8 Å². The monoisotopic (exact) mass is 304 g/mol. The molecule has 1 amide bonds. The first-order chi connectivity index (χ1) is 10.5. The summed E-state index contributed by atoms with van der Waals surface area (Å²) in [6.07, 6.45) is 1.75. The van der Waals surface area contributed by atoms with E-state index in [1.165, 1.54) is 5.56 Å². The molecule has 1 aromatic rings. The second-order valence-corrected chi connectivity index (χ2v) is 6.45. The highest BCUT2D eigenvalue weighted by Gasteiger charge is 2.22. The molecule has 0 bridgehead atoms. The summed E-state index contributed by atoms with van der Waals surface area (Å²) in [6, 6.07) is 8.08. The highest BCUT2D eigenvalue weighted by atomic mass is 16.5. The number of nitrogens with zero attached hydrogens (tertiary/aromatic N) is 2. The molecule has 0 saturated carbocycles. The van der Waals surface area contributed by atoms with Gasteiger partial charge in [0.05, 0.1) is 0 Å². The number of hydrogen-bond donors (Lipinski definition) is 0. The number of likely N-dealkylation sites (N-methyl/N-ethyl adjacent to an activating group) is 1. The summed E-state index contributed by atoms with van der Waals surface area (Å²) in [7, 11) is 2.04. The lowest BCUT2D eigenvalue weighted by atomic mass is 10.2. The van der Waals surface area contributed by atoms with Gasteiger partial charge in [0, 0.05) is 32.6 Å². The summed E-state index contributed by atoms with van der Waals surface area (Å²) in [5.74, 6) is 1.86. The molecule has 0 radical (unpaired) electrons. The van der Waals surface area contributed by atoms with Crippen LogP contribution in [0.15, 0.2) is 24.3 Å². The molecule has 4 heteroatoms. The number of aryl methyl sites for hydroxylation is 1. The SMILES string of the molecule is Cc1cccc(OCCN(C)CCC(=O)N2CC[C@@H](C)C2)c1. The van der Waals surface area contributed by atoms with Gasteiger partial charge in [0.25, 0.3) is 0 Å². The van der Waals surface area contributed by atoms with E-state index in [4.69, 9.17) is 4.74 Å². The van der Waals surface area contributed by atoms with Gasteiger partial charge in [0.2, 0.25) is 5.91 Å². The zero-order chi connectivity index (χ0) is 15.9. The Morgan fingerprint density at radius 1 is 1.41 bits per heavy atom. The Kier molecular flexibility index (Phi) is 6.25. The summed E-state index contributed by atoms with van der Waals surface area (Å²) in [5.41, 5.74) is 1.20. The number of carbonyl (C=O) groups is 1. The molecule has 1 atom stereocenters. The van der Waals surface area contributed by atoms with Crippen molar-refractivity contribution in [2.24, 2.45) is 5.92 Å². The van der Waals surface area contributed by atoms with E-state index in [0.29, 0.717) is 18.9 Å². The summed E-state index contributed by atoms with van der Waals surface area (Å²) >= 11 is 0. The Labute approximate surface area is 134 Å². The van der Waals surface area contributed by atoms with Gasteiger partial charge >= 0.3 is 0 Å². The second kappa shape index (κ2) is 8.18. The van der Waals surface area contributed by atoms with Crippen LogP contribution in [0.1, 0.15) is 25.3 Å². The van der Waals surface area contributed by atoms with Crippen molar-refractivity contribution in [3.63, 3.8) is 0 Å². The van der Waals surface area contributed by atoms with E-state index in [1.807, 2.05) is 30.1 Å². The van der Waals surface area contributed by atoms with Crippen molar-refractivity contribution in [2.75, 3.05) is 39.8 Å². The van der Waals surface area contributed by atoms with Gasteiger partial charge in [-0.1, -0.05) is 19.1 Å². The van der Waals surface area contributed by atoms with Crippen LogP contribution < -0.4 is 4.74 Å². The molecule has 0 N–H and O–H groups in total. The van der Waals surface area contributed by atoms with Crippen LogP contribution in [0.4, 0.5) is 0 Å². The second-order valence-electron chi connectivity index (χ2n) is 6.45. The minimum atomic E-state index is 0.288. The van der Waals surface area contributed by atoms with Gasteiger partial charge in [-0.05, 0) is 44.0 Å². The minimum Gasteiger partial charge on any atom is -0.492 e. The maximum atomic E-state index is 12.1. The number of amides is 1. The van der Waals surface area contributed by atoms with E-state index < -0.39 is 0 Å². The molecular weight excluding hydrogens is 276 g/mol. The molecule has 1 aromatic carbocycles. The molecule has 22 heavy (non-hydrogen) atoms. The molecule has 1 aliphatic heterocycles.